The maximum absolute atomic E-state index is 12.3. The summed E-state index contributed by atoms with van der Waals surface area (Å²) in [5.41, 5.74) is 2.10. The van der Waals surface area contributed by atoms with Crippen molar-refractivity contribution in [1.82, 2.24) is 25.0 Å². The maximum Gasteiger partial charge on any atom is 0.408 e. The first-order chi connectivity index (χ1) is 13.7. The van der Waals surface area contributed by atoms with Crippen LogP contribution in [0.1, 0.15) is 22.0 Å². The first kappa shape index (κ1) is 19.8. The Labute approximate surface area is 159 Å². The van der Waals surface area contributed by atoms with Crippen LogP contribution in [0.2, 0.25) is 0 Å². The van der Waals surface area contributed by atoms with E-state index < -0.39 is 23.6 Å². The minimum atomic E-state index is -4.40. The maximum atomic E-state index is 12.3. The Morgan fingerprint density at radius 2 is 2.14 bits per heavy atom. The van der Waals surface area contributed by atoms with E-state index in [2.05, 4.69) is 20.7 Å². The van der Waals surface area contributed by atoms with Crippen molar-refractivity contribution < 1.29 is 27.3 Å². The van der Waals surface area contributed by atoms with E-state index in [0.29, 0.717) is 10.4 Å². The molecule has 3 aromatic heterocycles. The second-order valence-corrected chi connectivity index (χ2v) is 5.67. The zero-order valence-electron chi connectivity index (χ0n) is 14.4. The van der Waals surface area contributed by atoms with E-state index in [1.165, 1.54) is 29.1 Å². The molecular formula is C15H12F3N7O4. The Morgan fingerprint density at radius 1 is 1.34 bits per heavy atom. The summed E-state index contributed by atoms with van der Waals surface area (Å²) in [7, 11) is 0. The summed E-state index contributed by atoms with van der Waals surface area (Å²) in [5, 5.41) is 21.7. The largest absolute Gasteiger partial charge is 0.454 e. The summed E-state index contributed by atoms with van der Waals surface area (Å²) in [6.45, 7) is -1.16. The average Bonchev–Trinajstić information content (AvgIpc) is 3.35. The van der Waals surface area contributed by atoms with Gasteiger partial charge in [-0.3, -0.25) is 24.3 Å². The van der Waals surface area contributed by atoms with Crippen molar-refractivity contribution in [2.24, 2.45) is 5.10 Å². The molecule has 0 radical (unpaired) electrons. The molecule has 0 aliphatic rings. The fourth-order valence-electron chi connectivity index (χ4n) is 2.21. The van der Waals surface area contributed by atoms with Gasteiger partial charge in [-0.05, 0) is 18.2 Å². The van der Waals surface area contributed by atoms with Crippen molar-refractivity contribution in [2.75, 3.05) is 0 Å². The summed E-state index contributed by atoms with van der Waals surface area (Å²) in [4.78, 5) is 22.0. The standard InChI is InChI=1S/C15H12F3N7O4/c16-15(17,18)9-23-4-3-10(22-23)5-19-21-14(26)13-2-1-12(29-13)8-24-7-11(6-20-24)25(27)28/h1-7H,8-9H2,(H,21,26)/b19-5+. The van der Waals surface area contributed by atoms with Gasteiger partial charge >= 0.3 is 17.8 Å². The quantitative estimate of drug-likeness (QED) is 0.359. The molecular weight excluding hydrogens is 399 g/mol. The molecule has 1 amide bonds. The summed E-state index contributed by atoms with van der Waals surface area (Å²) in [6, 6.07) is 4.16. The summed E-state index contributed by atoms with van der Waals surface area (Å²) in [5.74, 6) is -0.460. The van der Waals surface area contributed by atoms with Crippen LogP contribution in [0.5, 0.6) is 0 Å². The molecule has 3 heterocycles. The molecule has 0 saturated carbocycles. The Hall–Kier alpha value is -3.97. The minimum Gasteiger partial charge on any atom is -0.454 e. The molecule has 0 aromatic carbocycles. The van der Waals surface area contributed by atoms with Gasteiger partial charge in [-0.25, -0.2) is 5.43 Å². The lowest BCUT2D eigenvalue weighted by molar-refractivity contribution is -0.385. The van der Waals surface area contributed by atoms with E-state index in [9.17, 15) is 28.1 Å². The predicted octanol–water partition coefficient (Wildman–Crippen LogP) is 1.96. The van der Waals surface area contributed by atoms with E-state index >= 15 is 0 Å². The number of rotatable bonds is 7. The first-order valence-corrected chi connectivity index (χ1v) is 7.89. The number of nitrogens with zero attached hydrogens (tertiary/aromatic N) is 6. The number of alkyl halides is 3. The lowest BCUT2D eigenvalue weighted by Crippen LogP contribution is -2.18. The normalized spacial score (nSPS) is 11.8. The van der Waals surface area contributed by atoms with Crippen LogP contribution in [-0.2, 0) is 13.1 Å². The Bertz CT molecular complexity index is 1050. The lowest BCUT2D eigenvalue weighted by atomic mass is 10.4. The molecule has 0 spiro atoms. The van der Waals surface area contributed by atoms with E-state index in [1.54, 1.807) is 0 Å². The summed E-state index contributed by atoms with van der Waals surface area (Å²) < 4.78 is 44.1. The average molecular weight is 411 g/mol. The highest BCUT2D eigenvalue weighted by Gasteiger charge is 2.28. The fraction of sp³-hybridized carbons (Fsp3) is 0.200. The molecule has 11 nitrogen and oxygen atoms in total. The van der Waals surface area contributed by atoms with Crippen molar-refractivity contribution in [1.29, 1.82) is 0 Å². The fourth-order valence-corrected chi connectivity index (χ4v) is 2.21. The number of nitrogens with one attached hydrogen (secondary N) is 1. The highest BCUT2D eigenvalue weighted by molar-refractivity contribution is 5.92. The first-order valence-electron chi connectivity index (χ1n) is 7.89. The predicted molar refractivity (Wildman–Crippen MR) is 90.0 cm³/mol. The Balaban J connectivity index is 1.54. The van der Waals surface area contributed by atoms with Crippen molar-refractivity contribution in [3.8, 4) is 0 Å². The van der Waals surface area contributed by atoms with Gasteiger partial charge < -0.3 is 4.42 Å². The van der Waals surface area contributed by atoms with Gasteiger partial charge in [-0.2, -0.15) is 28.5 Å². The number of aromatic nitrogens is 4. The molecule has 0 atom stereocenters. The number of carbonyl (C=O) groups is 1. The smallest absolute Gasteiger partial charge is 0.408 e. The van der Waals surface area contributed by atoms with Crippen LogP contribution >= 0.6 is 0 Å². The lowest BCUT2D eigenvalue weighted by Gasteiger charge is -2.04. The van der Waals surface area contributed by atoms with Crippen LogP contribution in [0.3, 0.4) is 0 Å². The number of amides is 1. The van der Waals surface area contributed by atoms with Crippen LogP contribution in [0, 0.1) is 10.1 Å². The molecule has 0 saturated heterocycles. The van der Waals surface area contributed by atoms with Crippen LogP contribution in [0.4, 0.5) is 18.9 Å². The number of hydrogen-bond donors (Lipinski definition) is 1. The number of nitro groups is 1. The zero-order valence-corrected chi connectivity index (χ0v) is 14.4. The zero-order chi connectivity index (χ0) is 21.0. The SMILES string of the molecule is O=C(N/N=C/c1ccn(CC(F)(F)F)n1)c1ccc(Cn2cc([N+](=O)[O-])cn2)o1. The van der Waals surface area contributed by atoms with E-state index in [0.717, 1.165) is 18.6 Å². The molecule has 0 aliphatic carbocycles. The molecule has 3 rings (SSSR count). The molecule has 152 valence electrons. The topological polar surface area (TPSA) is 133 Å². The van der Waals surface area contributed by atoms with Gasteiger partial charge in [0, 0.05) is 6.20 Å². The Kier molecular flexibility index (Phi) is 5.43. The third-order valence-corrected chi connectivity index (χ3v) is 3.40. The highest BCUT2D eigenvalue weighted by Crippen LogP contribution is 2.16. The monoisotopic (exact) mass is 411 g/mol. The van der Waals surface area contributed by atoms with Crippen molar-refractivity contribution >= 4 is 17.8 Å². The number of hydrazone groups is 1. The van der Waals surface area contributed by atoms with E-state index in [-0.39, 0.29) is 23.7 Å². The summed E-state index contributed by atoms with van der Waals surface area (Å²) >= 11 is 0. The number of hydrogen-bond acceptors (Lipinski definition) is 7. The van der Waals surface area contributed by atoms with Gasteiger partial charge in [0.2, 0.25) is 0 Å². The van der Waals surface area contributed by atoms with Gasteiger partial charge in [0.25, 0.3) is 0 Å². The molecule has 1 N–H and O–H groups in total. The molecule has 0 bridgehead atoms. The van der Waals surface area contributed by atoms with Gasteiger partial charge in [0.1, 0.15) is 30.4 Å². The van der Waals surface area contributed by atoms with Crippen molar-refractivity contribution in [3.63, 3.8) is 0 Å². The third kappa shape index (κ3) is 5.50. The number of furan rings is 1. The van der Waals surface area contributed by atoms with Gasteiger partial charge in [0.15, 0.2) is 5.76 Å². The van der Waals surface area contributed by atoms with Crippen LogP contribution in [-0.4, -0.2) is 42.8 Å². The van der Waals surface area contributed by atoms with Crippen LogP contribution in [0.15, 0.2) is 46.3 Å². The molecule has 0 unspecified atom stereocenters. The van der Waals surface area contributed by atoms with E-state index in [1.807, 2.05) is 0 Å². The van der Waals surface area contributed by atoms with Crippen molar-refractivity contribution in [3.05, 3.63) is 64.1 Å². The minimum absolute atomic E-state index is 0.0705. The second-order valence-electron chi connectivity index (χ2n) is 5.67. The molecule has 0 aliphatic heterocycles. The number of carbonyl (C=O) groups excluding carboxylic acids is 1. The van der Waals surface area contributed by atoms with Crippen molar-refractivity contribution in [2.45, 2.75) is 19.3 Å². The second kappa shape index (κ2) is 7.95. The number of halogens is 3. The van der Waals surface area contributed by atoms with Gasteiger partial charge in [-0.1, -0.05) is 0 Å². The van der Waals surface area contributed by atoms with E-state index in [4.69, 9.17) is 4.42 Å². The molecule has 3 aromatic rings. The highest BCUT2D eigenvalue weighted by atomic mass is 19.4. The van der Waals surface area contributed by atoms with Crippen LogP contribution < -0.4 is 5.43 Å². The Morgan fingerprint density at radius 3 is 2.83 bits per heavy atom. The summed E-state index contributed by atoms with van der Waals surface area (Å²) in [6.07, 6.45) is 0.116. The molecule has 14 heteroatoms. The molecule has 0 fully saturated rings. The molecule has 29 heavy (non-hydrogen) atoms. The third-order valence-electron chi connectivity index (χ3n) is 3.40. The van der Waals surface area contributed by atoms with Gasteiger partial charge in [-0.15, -0.1) is 0 Å². The van der Waals surface area contributed by atoms with Gasteiger partial charge in [0.05, 0.1) is 17.7 Å². The van der Waals surface area contributed by atoms with Crippen LogP contribution in [0.25, 0.3) is 0 Å².